The van der Waals surface area contributed by atoms with Crippen molar-refractivity contribution in [1.29, 1.82) is 0 Å². The number of guanidine groups is 1. The van der Waals surface area contributed by atoms with Crippen LogP contribution in [0.5, 0.6) is 0 Å². The fourth-order valence-electron chi connectivity index (χ4n) is 2.20. The number of carbonyl (C=O) groups excluding carboxylic acids is 2. The number of nitrogens with zero attached hydrogens (tertiary/aromatic N) is 1. The second-order valence-corrected chi connectivity index (χ2v) is 7.05. The summed E-state index contributed by atoms with van der Waals surface area (Å²) in [5.74, 6) is 0.297. The zero-order valence-electron chi connectivity index (χ0n) is 16.8. The van der Waals surface area contributed by atoms with Gasteiger partial charge >= 0.3 is 0 Å². The highest BCUT2D eigenvalue weighted by molar-refractivity contribution is 14.0. The molecule has 27 heavy (non-hydrogen) atoms. The lowest BCUT2D eigenvalue weighted by Gasteiger charge is -2.20. The molecule has 7 nitrogen and oxygen atoms in total. The van der Waals surface area contributed by atoms with E-state index in [0.717, 1.165) is 5.56 Å². The van der Waals surface area contributed by atoms with Gasteiger partial charge in [0.1, 0.15) is 6.54 Å². The molecule has 1 aromatic carbocycles. The van der Waals surface area contributed by atoms with Crippen LogP contribution in [0.2, 0.25) is 0 Å². The minimum absolute atomic E-state index is 0. The summed E-state index contributed by atoms with van der Waals surface area (Å²) in [7, 11) is 0. The molecule has 2 amide bonds. The Hall–Kier alpha value is -1.84. The maximum Gasteiger partial charge on any atom is 0.251 e. The molecule has 0 unspecified atom stereocenters. The fraction of sp³-hybridized carbons (Fsp3) is 0.526. The minimum Gasteiger partial charge on any atom is -0.357 e. The van der Waals surface area contributed by atoms with Crippen LogP contribution in [-0.4, -0.2) is 49.5 Å². The first kappa shape index (κ1) is 25.2. The second kappa shape index (κ2) is 12.5. The third kappa shape index (κ3) is 11.5. The Bertz CT molecular complexity index is 641. The van der Waals surface area contributed by atoms with Crippen molar-refractivity contribution in [3.63, 3.8) is 0 Å². The lowest BCUT2D eigenvalue weighted by molar-refractivity contribution is -0.121. The molecule has 0 aliphatic rings. The van der Waals surface area contributed by atoms with Crippen LogP contribution >= 0.6 is 24.0 Å². The molecule has 0 aliphatic carbocycles. The topological polar surface area (TPSA) is 94.6 Å². The molecule has 0 radical (unpaired) electrons. The van der Waals surface area contributed by atoms with Gasteiger partial charge < -0.3 is 21.3 Å². The highest BCUT2D eigenvalue weighted by atomic mass is 127. The summed E-state index contributed by atoms with van der Waals surface area (Å²) >= 11 is 0. The first-order chi connectivity index (χ1) is 12.2. The molecule has 0 spiro atoms. The van der Waals surface area contributed by atoms with E-state index in [-0.39, 0.29) is 47.9 Å². The van der Waals surface area contributed by atoms with Crippen molar-refractivity contribution < 1.29 is 9.59 Å². The van der Waals surface area contributed by atoms with Crippen molar-refractivity contribution in [2.24, 2.45) is 4.99 Å². The molecular formula is C19H32IN5O2. The maximum absolute atomic E-state index is 12.1. The van der Waals surface area contributed by atoms with E-state index >= 15 is 0 Å². The first-order valence-electron chi connectivity index (χ1n) is 8.89. The van der Waals surface area contributed by atoms with Crippen molar-refractivity contribution >= 4 is 41.8 Å². The Morgan fingerprint density at radius 2 is 1.74 bits per heavy atom. The molecule has 0 saturated carbocycles. The van der Waals surface area contributed by atoms with Crippen LogP contribution in [0.3, 0.4) is 0 Å². The Balaban J connectivity index is 0.00000676. The Labute approximate surface area is 179 Å². The van der Waals surface area contributed by atoms with E-state index < -0.39 is 0 Å². The number of aryl methyl sites for hydroxylation is 1. The van der Waals surface area contributed by atoms with Crippen molar-refractivity contribution in [2.45, 2.75) is 40.2 Å². The molecule has 0 heterocycles. The van der Waals surface area contributed by atoms with Crippen LogP contribution in [0.25, 0.3) is 0 Å². The van der Waals surface area contributed by atoms with Gasteiger partial charge in [0.2, 0.25) is 5.91 Å². The third-order valence-corrected chi connectivity index (χ3v) is 3.22. The van der Waals surface area contributed by atoms with Crippen LogP contribution < -0.4 is 21.3 Å². The quantitative estimate of drug-likeness (QED) is 0.204. The predicted octanol–water partition coefficient (Wildman–Crippen LogP) is 1.81. The number of rotatable bonds is 7. The van der Waals surface area contributed by atoms with Gasteiger partial charge in [-0.05, 0) is 46.8 Å². The number of aliphatic imine (C=N–C) groups is 1. The predicted molar refractivity (Wildman–Crippen MR) is 121 cm³/mol. The van der Waals surface area contributed by atoms with Gasteiger partial charge in [-0.3, -0.25) is 9.59 Å². The first-order valence-corrected chi connectivity index (χ1v) is 8.89. The van der Waals surface area contributed by atoms with Crippen molar-refractivity contribution in [3.05, 3.63) is 35.4 Å². The SMILES string of the molecule is CCNC(=NCC(=O)NC(C)(C)C)NCCNC(=O)c1cccc(C)c1.I. The summed E-state index contributed by atoms with van der Waals surface area (Å²) in [4.78, 5) is 28.2. The van der Waals surface area contributed by atoms with E-state index in [2.05, 4.69) is 26.3 Å². The summed E-state index contributed by atoms with van der Waals surface area (Å²) < 4.78 is 0. The number of benzene rings is 1. The highest BCUT2D eigenvalue weighted by Crippen LogP contribution is 2.03. The Morgan fingerprint density at radius 1 is 1.07 bits per heavy atom. The summed E-state index contributed by atoms with van der Waals surface area (Å²) in [6.07, 6.45) is 0. The normalized spacial score (nSPS) is 11.2. The van der Waals surface area contributed by atoms with Crippen LogP contribution in [0.15, 0.2) is 29.3 Å². The van der Waals surface area contributed by atoms with E-state index in [9.17, 15) is 9.59 Å². The van der Waals surface area contributed by atoms with Gasteiger partial charge in [0, 0.05) is 30.7 Å². The molecule has 0 fully saturated rings. The molecular weight excluding hydrogens is 457 g/mol. The van der Waals surface area contributed by atoms with E-state index in [1.54, 1.807) is 6.07 Å². The number of amides is 2. The highest BCUT2D eigenvalue weighted by Gasteiger charge is 2.13. The minimum atomic E-state index is -0.279. The maximum atomic E-state index is 12.1. The van der Waals surface area contributed by atoms with E-state index in [0.29, 0.717) is 31.2 Å². The second-order valence-electron chi connectivity index (χ2n) is 7.05. The van der Waals surface area contributed by atoms with Gasteiger partial charge in [0.15, 0.2) is 5.96 Å². The van der Waals surface area contributed by atoms with E-state index in [1.807, 2.05) is 52.8 Å². The molecule has 0 saturated heterocycles. The van der Waals surface area contributed by atoms with Gasteiger partial charge in [-0.15, -0.1) is 24.0 Å². The van der Waals surface area contributed by atoms with Crippen molar-refractivity contribution in [2.75, 3.05) is 26.2 Å². The average Bonchev–Trinajstić information content (AvgIpc) is 2.54. The molecule has 4 N–H and O–H groups in total. The monoisotopic (exact) mass is 489 g/mol. The smallest absolute Gasteiger partial charge is 0.251 e. The van der Waals surface area contributed by atoms with Crippen molar-refractivity contribution in [1.82, 2.24) is 21.3 Å². The van der Waals surface area contributed by atoms with Crippen LogP contribution in [0, 0.1) is 6.92 Å². The summed E-state index contributed by atoms with van der Waals surface area (Å²) in [5, 5.41) is 11.9. The Morgan fingerprint density at radius 3 is 2.33 bits per heavy atom. The van der Waals surface area contributed by atoms with Crippen LogP contribution in [-0.2, 0) is 4.79 Å². The molecule has 1 rings (SSSR count). The van der Waals surface area contributed by atoms with Gasteiger partial charge in [0.05, 0.1) is 0 Å². The molecule has 8 heteroatoms. The summed E-state index contributed by atoms with van der Waals surface area (Å²) in [6, 6.07) is 7.45. The van der Waals surface area contributed by atoms with Crippen LogP contribution in [0.1, 0.15) is 43.6 Å². The Kier molecular flexibility index (Phi) is 11.7. The van der Waals surface area contributed by atoms with Gasteiger partial charge in [-0.25, -0.2) is 4.99 Å². The molecule has 1 aromatic rings. The molecule has 0 atom stereocenters. The molecule has 152 valence electrons. The number of hydrogen-bond donors (Lipinski definition) is 4. The largest absolute Gasteiger partial charge is 0.357 e. The fourth-order valence-corrected chi connectivity index (χ4v) is 2.20. The number of nitrogens with one attached hydrogen (secondary N) is 4. The molecule has 0 aliphatic heterocycles. The number of carbonyl (C=O) groups is 2. The summed E-state index contributed by atoms with van der Waals surface area (Å²) in [6.45, 7) is 11.4. The zero-order chi connectivity index (χ0) is 19.6. The van der Waals surface area contributed by atoms with E-state index in [1.165, 1.54) is 0 Å². The average molecular weight is 489 g/mol. The van der Waals surface area contributed by atoms with Gasteiger partial charge in [-0.1, -0.05) is 17.7 Å². The number of hydrogen-bond acceptors (Lipinski definition) is 3. The summed E-state index contributed by atoms with van der Waals surface area (Å²) in [5.41, 5.74) is 1.41. The zero-order valence-corrected chi connectivity index (χ0v) is 19.1. The van der Waals surface area contributed by atoms with Crippen LogP contribution in [0.4, 0.5) is 0 Å². The van der Waals surface area contributed by atoms with Gasteiger partial charge in [-0.2, -0.15) is 0 Å². The van der Waals surface area contributed by atoms with Gasteiger partial charge in [0.25, 0.3) is 5.91 Å². The lowest BCUT2D eigenvalue weighted by Crippen LogP contribution is -2.44. The lowest BCUT2D eigenvalue weighted by atomic mass is 10.1. The molecule has 0 bridgehead atoms. The van der Waals surface area contributed by atoms with Crippen molar-refractivity contribution in [3.8, 4) is 0 Å². The standard InChI is InChI=1S/C19H31N5O2.HI/c1-6-20-18(23-13-16(25)24-19(3,4)5)22-11-10-21-17(26)15-9-7-8-14(2)12-15;/h7-9,12H,6,10-11,13H2,1-5H3,(H,21,26)(H,24,25)(H2,20,22,23);1H. The number of halogens is 1. The van der Waals surface area contributed by atoms with E-state index in [4.69, 9.17) is 0 Å². The molecule has 0 aromatic heterocycles. The third-order valence-electron chi connectivity index (χ3n) is 3.22.